The molecule has 1 aromatic heterocycles. The Morgan fingerprint density at radius 2 is 1.92 bits per heavy atom. The van der Waals surface area contributed by atoms with E-state index >= 15 is 0 Å². The number of aryl methyl sites for hydroxylation is 1. The van der Waals surface area contributed by atoms with Crippen LogP contribution in [0.15, 0.2) is 57.7 Å². The van der Waals surface area contributed by atoms with Gasteiger partial charge in [-0.15, -0.1) is 0 Å². The summed E-state index contributed by atoms with van der Waals surface area (Å²) in [5, 5.41) is 9.98. The Balaban J connectivity index is 1.86. The Morgan fingerprint density at radius 1 is 1.08 bits per heavy atom. The van der Waals surface area contributed by atoms with Crippen LogP contribution < -0.4 is 5.63 Å². The lowest BCUT2D eigenvalue weighted by atomic mass is 10.1. The number of benzene rings is 2. The summed E-state index contributed by atoms with van der Waals surface area (Å²) in [4.78, 5) is 14.0. The van der Waals surface area contributed by atoms with Crippen LogP contribution in [0, 0.1) is 11.3 Å². The maximum Gasteiger partial charge on any atom is 0.336 e. The highest BCUT2D eigenvalue weighted by Crippen LogP contribution is 2.21. The molecule has 0 spiro atoms. The third kappa shape index (κ3) is 3.96. The van der Waals surface area contributed by atoms with E-state index in [9.17, 15) is 4.79 Å². The lowest BCUT2D eigenvalue weighted by Crippen LogP contribution is -2.18. The van der Waals surface area contributed by atoms with Gasteiger partial charge in [-0.25, -0.2) is 4.79 Å². The molecule has 2 aromatic carbocycles. The van der Waals surface area contributed by atoms with Crippen LogP contribution in [0.3, 0.4) is 0 Å². The Hall–Kier alpha value is -2.90. The average molecular weight is 332 g/mol. The molecule has 0 fully saturated rings. The van der Waals surface area contributed by atoms with Crippen molar-refractivity contribution in [2.75, 3.05) is 7.05 Å². The molecule has 3 aromatic rings. The van der Waals surface area contributed by atoms with Gasteiger partial charge in [-0.1, -0.05) is 31.2 Å². The summed E-state index contributed by atoms with van der Waals surface area (Å²) in [7, 11) is 2.00. The molecule has 4 nitrogen and oxygen atoms in total. The van der Waals surface area contributed by atoms with Gasteiger partial charge >= 0.3 is 5.63 Å². The summed E-state index contributed by atoms with van der Waals surface area (Å²) in [5.74, 6) is 0. The highest BCUT2D eigenvalue weighted by atomic mass is 16.4. The summed E-state index contributed by atoms with van der Waals surface area (Å²) in [6.45, 7) is 3.40. The van der Waals surface area contributed by atoms with Gasteiger partial charge in [0, 0.05) is 24.5 Å². The second-order valence-corrected chi connectivity index (χ2v) is 6.26. The van der Waals surface area contributed by atoms with Crippen molar-refractivity contribution in [2.24, 2.45) is 0 Å². The zero-order chi connectivity index (χ0) is 17.8. The van der Waals surface area contributed by atoms with E-state index in [0.717, 1.165) is 28.5 Å². The zero-order valence-electron chi connectivity index (χ0n) is 14.5. The number of rotatable bonds is 5. The molecular formula is C21H20N2O2. The van der Waals surface area contributed by atoms with E-state index in [2.05, 4.69) is 24.0 Å². The van der Waals surface area contributed by atoms with Crippen molar-refractivity contribution in [3.05, 3.63) is 81.2 Å². The van der Waals surface area contributed by atoms with Crippen LogP contribution in [0.1, 0.15) is 29.2 Å². The molecule has 4 heteroatoms. The highest BCUT2D eigenvalue weighted by Gasteiger charge is 2.09. The van der Waals surface area contributed by atoms with Crippen molar-refractivity contribution in [1.82, 2.24) is 4.90 Å². The molecule has 0 radical (unpaired) electrons. The molecule has 126 valence electrons. The fourth-order valence-corrected chi connectivity index (χ4v) is 3.02. The molecule has 25 heavy (non-hydrogen) atoms. The first kappa shape index (κ1) is 16.9. The molecule has 1 heterocycles. The Morgan fingerprint density at radius 3 is 2.68 bits per heavy atom. The molecule has 0 aliphatic heterocycles. The molecule has 0 atom stereocenters. The highest BCUT2D eigenvalue weighted by molar-refractivity contribution is 5.80. The molecule has 3 rings (SSSR count). The van der Waals surface area contributed by atoms with Crippen LogP contribution in [0.4, 0.5) is 0 Å². The van der Waals surface area contributed by atoms with E-state index in [1.807, 2.05) is 37.4 Å². The number of hydrogen-bond donors (Lipinski definition) is 0. The lowest BCUT2D eigenvalue weighted by molar-refractivity contribution is 0.319. The molecule has 0 unspecified atom stereocenters. The van der Waals surface area contributed by atoms with Gasteiger partial charge < -0.3 is 4.42 Å². The second-order valence-electron chi connectivity index (χ2n) is 6.26. The Labute approximate surface area is 146 Å². The maximum absolute atomic E-state index is 11.9. The minimum absolute atomic E-state index is 0.323. The van der Waals surface area contributed by atoms with Gasteiger partial charge in [0.05, 0.1) is 11.6 Å². The Kier molecular flexibility index (Phi) is 4.97. The number of fused-ring (bicyclic) bond motifs is 1. The predicted octanol–water partition coefficient (Wildman–Crippen LogP) is 3.86. The lowest BCUT2D eigenvalue weighted by Gasteiger charge is -2.18. The first-order valence-corrected chi connectivity index (χ1v) is 8.32. The minimum Gasteiger partial charge on any atom is -0.423 e. The standard InChI is InChI=1S/C21H20N2O2/c1-3-15-7-8-19-18(11-21(24)25-20(19)10-15)14-23(2)13-17-6-4-5-16(9-17)12-22/h4-11H,3,13-14H2,1-2H3. The molecule has 0 bridgehead atoms. The van der Waals surface area contributed by atoms with E-state index in [1.165, 1.54) is 0 Å². The first-order chi connectivity index (χ1) is 12.1. The molecule has 0 amide bonds. The van der Waals surface area contributed by atoms with Crippen LogP contribution in [0.5, 0.6) is 0 Å². The molecular weight excluding hydrogens is 312 g/mol. The normalized spacial score (nSPS) is 11.0. The predicted molar refractivity (Wildman–Crippen MR) is 98.2 cm³/mol. The van der Waals surface area contributed by atoms with Crippen LogP contribution in [-0.4, -0.2) is 11.9 Å². The summed E-state index contributed by atoms with van der Waals surface area (Å²) < 4.78 is 5.36. The van der Waals surface area contributed by atoms with E-state index < -0.39 is 0 Å². The quantitative estimate of drug-likeness (QED) is 0.666. The third-order valence-corrected chi connectivity index (χ3v) is 4.25. The molecule has 0 saturated heterocycles. The maximum atomic E-state index is 11.9. The first-order valence-electron chi connectivity index (χ1n) is 8.32. The fourth-order valence-electron chi connectivity index (χ4n) is 3.02. The van der Waals surface area contributed by atoms with Gasteiger partial charge in [-0.3, -0.25) is 4.90 Å². The van der Waals surface area contributed by atoms with Crippen LogP contribution in [0.25, 0.3) is 11.0 Å². The van der Waals surface area contributed by atoms with Crippen molar-refractivity contribution in [2.45, 2.75) is 26.4 Å². The minimum atomic E-state index is -0.323. The summed E-state index contributed by atoms with van der Waals surface area (Å²) in [5.41, 5.74) is 4.14. The van der Waals surface area contributed by atoms with E-state index in [-0.39, 0.29) is 5.63 Å². The second kappa shape index (κ2) is 7.33. The number of hydrogen-bond acceptors (Lipinski definition) is 4. The van der Waals surface area contributed by atoms with Crippen molar-refractivity contribution in [3.8, 4) is 6.07 Å². The van der Waals surface area contributed by atoms with Gasteiger partial charge in [0.1, 0.15) is 5.58 Å². The Bertz CT molecular complexity index is 999. The number of nitriles is 1. The smallest absolute Gasteiger partial charge is 0.336 e. The van der Waals surface area contributed by atoms with Gasteiger partial charge in [-0.05, 0) is 48.4 Å². The average Bonchev–Trinajstić information content (AvgIpc) is 2.61. The zero-order valence-corrected chi connectivity index (χ0v) is 14.5. The third-order valence-electron chi connectivity index (χ3n) is 4.25. The van der Waals surface area contributed by atoms with Crippen molar-refractivity contribution in [3.63, 3.8) is 0 Å². The van der Waals surface area contributed by atoms with Crippen molar-refractivity contribution < 1.29 is 4.42 Å². The SMILES string of the molecule is CCc1ccc2c(CN(C)Cc3cccc(C#N)c3)cc(=O)oc2c1. The van der Waals surface area contributed by atoms with Crippen molar-refractivity contribution in [1.29, 1.82) is 5.26 Å². The fraction of sp³-hybridized carbons (Fsp3) is 0.238. The monoisotopic (exact) mass is 332 g/mol. The van der Waals surface area contributed by atoms with Crippen molar-refractivity contribution >= 4 is 11.0 Å². The van der Waals surface area contributed by atoms with E-state index in [4.69, 9.17) is 9.68 Å². The van der Waals surface area contributed by atoms with Crippen LogP contribution in [-0.2, 0) is 19.5 Å². The molecule has 0 N–H and O–H groups in total. The van der Waals surface area contributed by atoms with Gasteiger partial charge in [0.15, 0.2) is 0 Å². The number of nitrogens with zero attached hydrogens (tertiary/aromatic N) is 2. The van der Waals surface area contributed by atoms with Gasteiger partial charge in [0.2, 0.25) is 0 Å². The molecule has 0 saturated carbocycles. The topological polar surface area (TPSA) is 57.2 Å². The molecule has 0 aliphatic carbocycles. The van der Waals surface area contributed by atoms with Crippen LogP contribution >= 0.6 is 0 Å². The molecule has 0 aliphatic rings. The summed E-state index contributed by atoms with van der Waals surface area (Å²) >= 11 is 0. The van der Waals surface area contributed by atoms with Gasteiger partial charge in [0.25, 0.3) is 0 Å². The van der Waals surface area contributed by atoms with Crippen LogP contribution in [0.2, 0.25) is 0 Å². The largest absolute Gasteiger partial charge is 0.423 e. The summed E-state index contributed by atoms with van der Waals surface area (Å²) in [6, 6.07) is 17.3. The summed E-state index contributed by atoms with van der Waals surface area (Å²) in [6.07, 6.45) is 0.902. The van der Waals surface area contributed by atoms with Gasteiger partial charge in [-0.2, -0.15) is 5.26 Å². The van der Waals surface area contributed by atoms with E-state index in [1.54, 1.807) is 12.1 Å². The van der Waals surface area contributed by atoms with E-state index in [0.29, 0.717) is 24.2 Å².